The van der Waals surface area contributed by atoms with Gasteiger partial charge in [0.15, 0.2) is 0 Å². The Morgan fingerprint density at radius 1 is 1.16 bits per heavy atom. The lowest BCUT2D eigenvalue weighted by Gasteiger charge is -2.42. The molecule has 2 aromatic rings. The average molecular weight is 456 g/mol. The lowest BCUT2D eigenvalue weighted by Crippen LogP contribution is -2.50. The SMILES string of the molecule is C[C@@]1(N2CCC(c3cc4cc(NC(=O)C5C6COC[C@H]65)ncc4cc3Cl)CC2)CCOC1. The summed E-state index contributed by atoms with van der Waals surface area (Å²) in [5.74, 6) is 2.01. The van der Waals surface area contributed by atoms with Gasteiger partial charge in [-0.05, 0) is 86.2 Å². The van der Waals surface area contributed by atoms with Crippen molar-refractivity contribution in [3.05, 3.63) is 35.0 Å². The summed E-state index contributed by atoms with van der Waals surface area (Å²) < 4.78 is 11.1. The van der Waals surface area contributed by atoms with E-state index < -0.39 is 0 Å². The number of anilines is 1. The molecule has 0 spiro atoms. The molecule has 7 heteroatoms. The minimum Gasteiger partial charge on any atom is -0.381 e. The third-order valence-electron chi connectivity index (χ3n) is 8.24. The number of nitrogens with one attached hydrogen (secondary N) is 1. The summed E-state index contributed by atoms with van der Waals surface area (Å²) >= 11 is 6.71. The van der Waals surface area contributed by atoms with Crippen LogP contribution in [0.2, 0.25) is 5.02 Å². The van der Waals surface area contributed by atoms with Gasteiger partial charge in [0.05, 0.1) is 19.8 Å². The van der Waals surface area contributed by atoms with Crippen molar-refractivity contribution in [2.45, 2.75) is 37.6 Å². The first-order chi connectivity index (χ1) is 15.5. The monoisotopic (exact) mass is 455 g/mol. The lowest BCUT2D eigenvalue weighted by atomic mass is 9.86. The molecule has 170 valence electrons. The molecular formula is C25H30ClN3O3. The summed E-state index contributed by atoms with van der Waals surface area (Å²) in [7, 11) is 0. The molecule has 1 amide bonds. The second kappa shape index (κ2) is 7.94. The van der Waals surface area contributed by atoms with Gasteiger partial charge in [-0.15, -0.1) is 0 Å². The maximum atomic E-state index is 12.6. The highest BCUT2D eigenvalue weighted by molar-refractivity contribution is 6.32. The fraction of sp³-hybridized carbons (Fsp3) is 0.600. The van der Waals surface area contributed by atoms with Crippen LogP contribution in [0.5, 0.6) is 0 Å². The second-order valence-corrected chi connectivity index (χ2v) is 10.6. The molecule has 4 aliphatic rings. The van der Waals surface area contributed by atoms with Gasteiger partial charge in [0.1, 0.15) is 5.82 Å². The standard InChI is InChI=1S/C25H30ClN3O3/c1-25(4-7-31-14-25)29-5-2-15(3-6-29)18-8-16-10-22(27-11-17(16)9-21(18)26)28-24(30)23-19-12-32-13-20(19)23/h8-11,15,19-20,23H,2-7,12-14H2,1H3,(H,27,28,30)/t19-,20?,23?,25-/m1/s1. The summed E-state index contributed by atoms with van der Waals surface area (Å²) in [6.45, 7) is 7.60. The van der Waals surface area contributed by atoms with Gasteiger partial charge in [0.2, 0.25) is 5.91 Å². The van der Waals surface area contributed by atoms with Crippen molar-refractivity contribution < 1.29 is 14.3 Å². The quantitative estimate of drug-likeness (QED) is 0.752. The van der Waals surface area contributed by atoms with E-state index in [9.17, 15) is 4.79 Å². The Morgan fingerprint density at radius 2 is 1.94 bits per heavy atom. The Hall–Kier alpha value is -1.73. The van der Waals surface area contributed by atoms with Crippen LogP contribution in [-0.2, 0) is 14.3 Å². The Morgan fingerprint density at radius 3 is 2.66 bits per heavy atom. The van der Waals surface area contributed by atoms with Crippen LogP contribution in [0.3, 0.4) is 0 Å². The maximum absolute atomic E-state index is 12.6. The van der Waals surface area contributed by atoms with Crippen LogP contribution >= 0.6 is 11.6 Å². The molecule has 1 N–H and O–H groups in total. The van der Waals surface area contributed by atoms with Gasteiger partial charge in [0.25, 0.3) is 0 Å². The molecule has 4 fully saturated rings. The second-order valence-electron chi connectivity index (χ2n) is 10.2. The van der Waals surface area contributed by atoms with E-state index >= 15 is 0 Å². The van der Waals surface area contributed by atoms with Crippen molar-refractivity contribution >= 4 is 34.1 Å². The molecule has 1 saturated carbocycles. The largest absolute Gasteiger partial charge is 0.381 e. The van der Waals surface area contributed by atoms with Crippen molar-refractivity contribution in [1.82, 2.24) is 9.88 Å². The topological polar surface area (TPSA) is 63.7 Å². The molecule has 0 radical (unpaired) electrons. The fourth-order valence-corrected chi connectivity index (χ4v) is 6.37. The smallest absolute Gasteiger partial charge is 0.229 e. The molecule has 6 rings (SSSR count). The summed E-state index contributed by atoms with van der Waals surface area (Å²) in [5, 5.41) is 5.92. The van der Waals surface area contributed by atoms with E-state index in [1.807, 2.05) is 12.1 Å². The van der Waals surface area contributed by atoms with E-state index in [-0.39, 0.29) is 17.4 Å². The number of pyridine rings is 1. The Kier molecular flexibility index (Phi) is 5.17. The minimum atomic E-state index is 0.0705. The number of hydrogen-bond acceptors (Lipinski definition) is 5. The molecule has 6 nitrogen and oxygen atoms in total. The molecule has 1 aromatic carbocycles. The molecular weight excluding hydrogens is 426 g/mol. The number of ether oxygens (including phenoxy) is 2. The van der Waals surface area contributed by atoms with E-state index in [2.05, 4.69) is 28.2 Å². The molecule has 3 saturated heterocycles. The zero-order chi connectivity index (χ0) is 21.9. The molecule has 1 aliphatic carbocycles. The van der Waals surface area contributed by atoms with Gasteiger partial charge < -0.3 is 14.8 Å². The highest BCUT2D eigenvalue weighted by Crippen LogP contribution is 2.51. The first kappa shape index (κ1) is 20.8. The predicted octanol–water partition coefficient (Wildman–Crippen LogP) is 4.08. The van der Waals surface area contributed by atoms with Crippen LogP contribution in [0.25, 0.3) is 10.8 Å². The molecule has 0 bridgehead atoms. The Balaban J connectivity index is 1.17. The molecule has 4 atom stereocenters. The van der Waals surface area contributed by atoms with E-state index in [1.54, 1.807) is 6.20 Å². The number of fused-ring (bicyclic) bond motifs is 2. The number of rotatable bonds is 4. The molecule has 2 unspecified atom stereocenters. The van der Waals surface area contributed by atoms with E-state index in [1.165, 1.54) is 5.56 Å². The number of carbonyl (C=O) groups excluding carboxylic acids is 1. The van der Waals surface area contributed by atoms with Crippen LogP contribution in [0, 0.1) is 17.8 Å². The zero-order valence-electron chi connectivity index (χ0n) is 18.5. The molecule has 1 aromatic heterocycles. The number of aromatic nitrogens is 1. The van der Waals surface area contributed by atoms with Crippen molar-refractivity contribution in [3.8, 4) is 0 Å². The fourth-order valence-electron chi connectivity index (χ4n) is 6.04. The molecule has 32 heavy (non-hydrogen) atoms. The van der Waals surface area contributed by atoms with E-state index in [0.29, 0.717) is 36.8 Å². The first-order valence-corrected chi connectivity index (χ1v) is 12.2. The normalized spacial score (nSPS) is 32.9. The first-order valence-electron chi connectivity index (χ1n) is 11.8. The van der Waals surface area contributed by atoms with Crippen LogP contribution < -0.4 is 5.32 Å². The minimum absolute atomic E-state index is 0.0705. The number of carbonyl (C=O) groups is 1. The summed E-state index contributed by atoms with van der Waals surface area (Å²) in [5.41, 5.74) is 1.40. The number of nitrogens with zero attached hydrogens (tertiary/aromatic N) is 2. The van der Waals surface area contributed by atoms with E-state index in [4.69, 9.17) is 21.1 Å². The zero-order valence-corrected chi connectivity index (χ0v) is 19.2. The van der Waals surface area contributed by atoms with Gasteiger partial charge in [-0.1, -0.05) is 11.6 Å². The summed E-state index contributed by atoms with van der Waals surface area (Å²) in [6, 6.07) is 6.20. The maximum Gasteiger partial charge on any atom is 0.229 e. The van der Waals surface area contributed by atoms with Crippen LogP contribution in [0.15, 0.2) is 24.4 Å². The van der Waals surface area contributed by atoms with Crippen LogP contribution in [-0.4, -0.2) is 60.8 Å². The van der Waals surface area contributed by atoms with Gasteiger partial charge in [0, 0.05) is 34.7 Å². The third-order valence-corrected chi connectivity index (χ3v) is 8.57. The van der Waals surface area contributed by atoms with Crippen molar-refractivity contribution in [2.24, 2.45) is 17.8 Å². The number of halogens is 1. The Bertz CT molecular complexity index is 1040. The third kappa shape index (κ3) is 3.61. The summed E-state index contributed by atoms with van der Waals surface area (Å²) in [4.78, 5) is 19.7. The molecule has 3 aliphatic heterocycles. The van der Waals surface area contributed by atoms with E-state index in [0.717, 1.165) is 61.4 Å². The van der Waals surface area contributed by atoms with Gasteiger partial charge in [-0.3, -0.25) is 9.69 Å². The number of piperidine rings is 1. The Labute approximate surface area is 193 Å². The number of benzene rings is 1. The molecule has 4 heterocycles. The van der Waals surface area contributed by atoms with Gasteiger partial charge in [-0.2, -0.15) is 0 Å². The van der Waals surface area contributed by atoms with Crippen molar-refractivity contribution in [3.63, 3.8) is 0 Å². The number of likely N-dealkylation sites (tertiary alicyclic amines) is 1. The van der Waals surface area contributed by atoms with Gasteiger partial charge >= 0.3 is 0 Å². The predicted molar refractivity (Wildman–Crippen MR) is 124 cm³/mol. The highest BCUT2D eigenvalue weighted by atomic mass is 35.5. The van der Waals surface area contributed by atoms with Crippen LogP contribution in [0.1, 0.15) is 37.7 Å². The van der Waals surface area contributed by atoms with Gasteiger partial charge in [-0.25, -0.2) is 4.98 Å². The van der Waals surface area contributed by atoms with Crippen molar-refractivity contribution in [2.75, 3.05) is 44.8 Å². The highest BCUT2D eigenvalue weighted by Gasteiger charge is 2.58. The number of amides is 1. The average Bonchev–Trinajstić information content (AvgIpc) is 3.10. The summed E-state index contributed by atoms with van der Waals surface area (Å²) in [6.07, 6.45) is 5.12. The van der Waals surface area contributed by atoms with Crippen LogP contribution in [0.4, 0.5) is 5.82 Å². The number of hydrogen-bond donors (Lipinski definition) is 1. The van der Waals surface area contributed by atoms with Crippen molar-refractivity contribution in [1.29, 1.82) is 0 Å². The lowest BCUT2D eigenvalue weighted by molar-refractivity contribution is -0.118.